The number of aromatic hydroxyl groups is 1. The maximum Gasteiger partial charge on any atom is 0.149 e. The van der Waals surface area contributed by atoms with Crippen molar-refractivity contribution in [2.75, 3.05) is 0 Å². The SMILES string of the molecule is [2H]C([2H])([2H])C(c1ccc(-c2ccnc(-c3cc(-c4ccccc4)cc(-c4cccc5c4nc(-c4cc(C(C)(C)C)cc(C(C)(C)C)c4O)n5-c4ccc(C(C)(C)C(C)(C)C)cc4-c4ccccc4)c3)c2)cc1)(C([2H])([2H])[2H])C([2H])([2H])[2H]. The van der Waals surface area contributed by atoms with Crippen molar-refractivity contribution in [1.29, 1.82) is 0 Å². The molecule has 0 fully saturated rings. The van der Waals surface area contributed by atoms with Crippen molar-refractivity contribution in [3.05, 3.63) is 192 Å². The summed E-state index contributed by atoms with van der Waals surface area (Å²) in [5, 5.41) is 12.7. The van der Waals surface area contributed by atoms with Gasteiger partial charge in [-0.2, -0.15) is 0 Å². The molecule has 2 heterocycles. The van der Waals surface area contributed by atoms with E-state index in [9.17, 15) is 5.11 Å². The second-order valence-corrected chi connectivity index (χ2v) is 22.8. The van der Waals surface area contributed by atoms with Crippen LogP contribution in [0.25, 0.3) is 83.9 Å². The molecule has 0 radical (unpaired) electrons. The van der Waals surface area contributed by atoms with Gasteiger partial charge in [-0.15, -0.1) is 0 Å². The lowest BCUT2D eigenvalue weighted by atomic mass is 9.65. The number of hydrogen-bond acceptors (Lipinski definition) is 3. The third-order valence-electron chi connectivity index (χ3n) is 14.7. The lowest BCUT2D eigenvalue weighted by Crippen LogP contribution is -2.34. The summed E-state index contributed by atoms with van der Waals surface area (Å²) in [5.74, 6) is 0.769. The molecule has 0 saturated heterocycles. The highest BCUT2D eigenvalue weighted by molar-refractivity contribution is 5.98. The minimum atomic E-state index is -3.38. The molecule has 360 valence electrons. The van der Waals surface area contributed by atoms with Crippen molar-refractivity contribution < 1.29 is 17.4 Å². The molecule has 0 aliphatic carbocycles. The Hall–Kier alpha value is -7.04. The van der Waals surface area contributed by atoms with Crippen LogP contribution in [-0.4, -0.2) is 19.6 Å². The molecule has 0 aliphatic rings. The van der Waals surface area contributed by atoms with E-state index in [4.69, 9.17) is 22.3 Å². The summed E-state index contributed by atoms with van der Waals surface area (Å²) in [7, 11) is 0. The third-order valence-corrected chi connectivity index (χ3v) is 14.7. The van der Waals surface area contributed by atoms with Crippen molar-refractivity contribution in [3.8, 4) is 78.6 Å². The summed E-state index contributed by atoms with van der Waals surface area (Å²) in [6, 6.07) is 53.6. The number of pyridine rings is 1. The molecular formula is C67H71N3O. The zero-order chi connectivity index (χ0) is 58.3. The summed E-state index contributed by atoms with van der Waals surface area (Å²) in [6.07, 6.45) is 1.68. The minimum Gasteiger partial charge on any atom is -0.507 e. The van der Waals surface area contributed by atoms with Gasteiger partial charge in [-0.3, -0.25) is 9.55 Å². The number of rotatable bonds is 8. The van der Waals surface area contributed by atoms with E-state index in [0.717, 1.165) is 66.8 Å². The highest BCUT2D eigenvalue weighted by Gasteiger charge is 2.36. The van der Waals surface area contributed by atoms with Crippen molar-refractivity contribution in [1.82, 2.24) is 14.5 Å². The van der Waals surface area contributed by atoms with Crippen LogP contribution in [0.1, 0.15) is 131 Å². The predicted octanol–water partition coefficient (Wildman–Crippen LogP) is 18.3. The fourth-order valence-electron chi connectivity index (χ4n) is 9.38. The number of fused-ring (bicyclic) bond motifs is 1. The first kappa shape index (κ1) is 38.7. The molecular weight excluding hydrogens is 863 g/mol. The van der Waals surface area contributed by atoms with Gasteiger partial charge in [0, 0.05) is 40.8 Å². The minimum absolute atomic E-state index is 0.0646. The molecule has 4 heteroatoms. The average Bonchev–Trinajstić information content (AvgIpc) is 3.88. The van der Waals surface area contributed by atoms with Crippen molar-refractivity contribution in [2.24, 2.45) is 5.41 Å². The summed E-state index contributed by atoms with van der Waals surface area (Å²) in [6.45, 7) is 14.2. The molecule has 71 heavy (non-hydrogen) atoms. The maximum absolute atomic E-state index is 12.7. The Bertz CT molecular complexity index is 3720. The van der Waals surface area contributed by atoms with E-state index in [2.05, 4.69) is 184 Å². The molecule has 9 aromatic rings. The molecule has 0 unspecified atom stereocenters. The monoisotopic (exact) mass is 943 g/mol. The average molecular weight is 943 g/mol. The first-order valence-corrected chi connectivity index (χ1v) is 24.5. The topological polar surface area (TPSA) is 50.9 Å². The van der Waals surface area contributed by atoms with Gasteiger partial charge in [0.25, 0.3) is 0 Å². The smallest absolute Gasteiger partial charge is 0.149 e. The molecule has 1 N–H and O–H groups in total. The molecule has 2 aromatic heterocycles. The maximum atomic E-state index is 12.7. The first-order valence-electron chi connectivity index (χ1n) is 29.0. The van der Waals surface area contributed by atoms with Crippen LogP contribution in [0.15, 0.2) is 170 Å². The van der Waals surface area contributed by atoms with Gasteiger partial charge in [-0.25, -0.2) is 4.98 Å². The summed E-state index contributed by atoms with van der Waals surface area (Å²) in [4.78, 5) is 10.6. The van der Waals surface area contributed by atoms with E-state index in [1.165, 1.54) is 17.7 Å². The molecule has 0 spiro atoms. The zero-order valence-electron chi connectivity index (χ0n) is 52.0. The number of benzene rings is 7. The number of hydrogen-bond donors (Lipinski definition) is 1. The molecule has 0 atom stereocenters. The lowest BCUT2D eigenvalue weighted by molar-refractivity contribution is 0.225. The van der Waals surface area contributed by atoms with Crippen molar-refractivity contribution in [3.63, 3.8) is 0 Å². The quantitative estimate of drug-likeness (QED) is 0.165. The van der Waals surface area contributed by atoms with Crippen LogP contribution >= 0.6 is 0 Å². The third kappa shape index (κ3) is 9.50. The molecule has 0 aliphatic heterocycles. The summed E-state index contributed by atoms with van der Waals surface area (Å²) < 4.78 is 76.5. The number of imidazole rings is 1. The second kappa shape index (κ2) is 18.0. The van der Waals surface area contributed by atoms with E-state index in [-0.39, 0.29) is 27.6 Å². The van der Waals surface area contributed by atoms with Gasteiger partial charge in [0.05, 0.1) is 28.0 Å². The zero-order valence-corrected chi connectivity index (χ0v) is 43.0. The van der Waals surface area contributed by atoms with Crippen LogP contribution < -0.4 is 0 Å². The number of aromatic nitrogens is 3. The normalized spacial score (nSPS) is 15.1. The Morgan fingerprint density at radius 2 is 1.06 bits per heavy atom. The Kier molecular flexibility index (Phi) is 9.79. The van der Waals surface area contributed by atoms with Crippen LogP contribution in [0.5, 0.6) is 5.75 Å². The van der Waals surface area contributed by atoms with E-state index in [0.29, 0.717) is 28.2 Å². The van der Waals surface area contributed by atoms with Crippen LogP contribution in [0, 0.1) is 5.41 Å². The van der Waals surface area contributed by atoms with Gasteiger partial charge in [-0.05, 0) is 132 Å². The Morgan fingerprint density at radius 1 is 0.451 bits per heavy atom. The van der Waals surface area contributed by atoms with Gasteiger partial charge in [0.1, 0.15) is 11.6 Å². The predicted molar refractivity (Wildman–Crippen MR) is 302 cm³/mol. The number of para-hydroxylation sites is 1. The van der Waals surface area contributed by atoms with Crippen molar-refractivity contribution in [2.45, 2.75) is 118 Å². The first-order chi connectivity index (χ1) is 37.1. The lowest BCUT2D eigenvalue weighted by Gasteiger charge is -2.40. The van der Waals surface area contributed by atoms with Gasteiger partial charge in [0.15, 0.2) is 0 Å². The number of phenolic OH excluding ortho intramolecular Hbond substituents is 1. The Balaban J connectivity index is 1.30. The highest BCUT2D eigenvalue weighted by atomic mass is 16.3. The fraction of sp³-hybridized carbons (Fsp3) is 0.284. The molecule has 4 nitrogen and oxygen atoms in total. The van der Waals surface area contributed by atoms with Crippen LogP contribution in [0.4, 0.5) is 0 Å². The van der Waals surface area contributed by atoms with Gasteiger partial charge in [0.2, 0.25) is 0 Å². The van der Waals surface area contributed by atoms with E-state index in [1.807, 2.05) is 30.3 Å². The second-order valence-electron chi connectivity index (χ2n) is 22.8. The molecule has 0 bridgehead atoms. The molecule has 7 aromatic carbocycles. The summed E-state index contributed by atoms with van der Waals surface area (Å²) in [5.41, 5.74) is 10.2. The Morgan fingerprint density at radius 3 is 1.69 bits per heavy atom. The van der Waals surface area contributed by atoms with E-state index < -0.39 is 31.4 Å². The van der Waals surface area contributed by atoms with Crippen LogP contribution in [0.3, 0.4) is 0 Å². The van der Waals surface area contributed by atoms with Crippen LogP contribution in [0.2, 0.25) is 0 Å². The molecule has 9 rings (SSSR count). The number of nitrogens with zero attached hydrogens (tertiary/aromatic N) is 3. The van der Waals surface area contributed by atoms with Gasteiger partial charge >= 0.3 is 0 Å². The Labute approximate surface area is 436 Å². The molecule has 0 saturated carbocycles. The standard InChI is InChI=1S/C67H71N3O/c1-63(2,3)50-30-28-44(29-31-50)46-34-35-68-57(39-46)49-37-47(43-22-17-15-18-23-43)36-48(38-49)53-26-21-27-59-60(53)69-62(55-41-52(64(4,5)6)42-56(61(55)71)65(7,8)9)70(59)58-33-32-51(67(13,14)66(10,11)12)40-54(58)45-24-19-16-20-25-45/h15-42,71H,1-14H3/i1D3,2D3,3D3. The van der Waals surface area contributed by atoms with Gasteiger partial charge in [-0.1, -0.05) is 206 Å². The summed E-state index contributed by atoms with van der Waals surface area (Å²) >= 11 is 0. The fourth-order valence-corrected chi connectivity index (χ4v) is 9.38. The van der Waals surface area contributed by atoms with E-state index >= 15 is 0 Å². The van der Waals surface area contributed by atoms with Crippen molar-refractivity contribution >= 4 is 11.0 Å². The van der Waals surface area contributed by atoms with E-state index in [1.54, 1.807) is 24.4 Å². The van der Waals surface area contributed by atoms with Gasteiger partial charge < -0.3 is 5.11 Å². The highest BCUT2D eigenvalue weighted by Crippen LogP contribution is 2.48. The molecule has 0 amide bonds. The van der Waals surface area contributed by atoms with Crippen LogP contribution in [-0.2, 0) is 21.7 Å². The largest absolute Gasteiger partial charge is 0.507 e. The number of phenols is 1.